The molecule has 0 unspecified atom stereocenters. The van der Waals surface area contributed by atoms with E-state index in [-0.39, 0.29) is 6.54 Å². The minimum atomic E-state index is -4.84. The first-order valence-corrected chi connectivity index (χ1v) is 6.35. The molecule has 1 aromatic carbocycles. The molecule has 0 saturated heterocycles. The fourth-order valence-corrected chi connectivity index (χ4v) is 2.17. The molecule has 0 atom stereocenters. The quantitative estimate of drug-likeness (QED) is 0.782. The van der Waals surface area contributed by atoms with Gasteiger partial charge in [-0.3, -0.25) is 4.57 Å². The normalized spacial score (nSPS) is 11.6. The molecule has 0 fully saturated rings. The molecule has 2 aromatic rings. The van der Waals surface area contributed by atoms with E-state index < -0.39 is 15.4 Å². The van der Waals surface area contributed by atoms with Gasteiger partial charge in [0, 0.05) is 12.1 Å². The second-order valence-electron chi connectivity index (χ2n) is 3.35. The molecule has 0 radical (unpaired) electrons. The van der Waals surface area contributed by atoms with Crippen LogP contribution in [0.2, 0.25) is 0 Å². The van der Waals surface area contributed by atoms with E-state index in [4.69, 9.17) is 0 Å². The third kappa shape index (κ3) is 2.19. The van der Waals surface area contributed by atoms with Crippen molar-refractivity contribution in [3.8, 4) is 11.4 Å². The van der Waals surface area contributed by atoms with Crippen LogP contribution in [-0.4, -0.2) is 23.2 Å². The molecule has 17 heavy (non-hydrogen) atoms. The van der Waals surface area contributed by atoms with Crippen LogP contribution < -0.4 is 0 Å². The molecule has 1 aromatic heterocycles. The summed E-state index contributed by atoms with van der Waals surface area (Å²) in [6, 6.07) is 8.90. The first-order chi connectivity index (χ1) is 8.04. The van der Waals surface area contributed by atoms with E-state index >= 15 is 0 Å². The highest BCUT2D eigenvalue weighted by molar-refractivity contribution is 7.86. The van der Waals surface area contributed by atoms with E-state index in [1.807, 2.05) is 6.07 Å². The largest absolute Gasteiger partial charge is 0.368 e. The average molecular weight is 255 g/mol. The van der Waals surface area contributed by atoms with E-state index in [2.05, 4.69) is 10.2 Å². The maximum Gasteiger partial charge on any atom is 0.368 e. The fourth-order valence-electron chi connectivity index (χ4n) is 1.55. The first kappa shape index (κ1) is 11.7. The Balaban J connectivity index is 2.62. The van der Waals surface area contributed by atoms with E-state index in [0.29, 0.717) is 11.4 Å². The molecule has 0 aliphatic carbocycles. The van der Waals surface area contributed by atoms with Crippen LogP contribution in [0.5, 0.6) is 0 Å². The summed E-state index contributed by atoms with van der Waals surface area (Å²) in [6.07, 6.45) is 0. The smallest absolute Gasteiger partial charge is 0.296 e. The van der Waals surface area contributed by atoms with Gasteiger partial charge in [0.2, 0.25) is 0 Å². The molecule has 0 N–H and O–H groups in total. The van der Waals surface area contributed by atoms with Gasteiger partial charge in [0.25, 0.3) is 5.16 Å². The molecule has 0 spiro atoms. The molecular weight excluding hydrogens is 245 g/mol. The Morgan fingerprint density at radius 2 is 1.88 bits per heavy atom. The highest BCUT2D eigenvalue weighted by atomic mass is 32.3. The molecule has 2 rings (SSSR count). The van der Waals surface area contributed by atoms with Crippen molar-refractivity contribution < 1.29 is 12.3 Å². The Labute approximate surface area is 98.1 Å². The number of aromatic nitrogens is 3. The summed E-state index contributed by atoms with van der Waals surface area (Å²) in [7, 11) is -4.84. The molecular formula is C10H10FN3O2S. The minimum absolute atomic E-state index is 0.274. The number of nitrogens with zero attached hydrogens (tertiary/aromatic N) is 3. The second-order valence-corrected chi connectivity index (χ2v) is 4.60. The molecule has 7 heteroatoms. The topological polar surface area (TPSA) is 64.8 Å². The van der Waals surface area contributed by atoms with Gasteiger partial charge < -0.3 is 0 Å². The Morgan fingerprint density at radius 1 is 1.24 bits per heavy atom. The van der Waals surface area contributed by atoms with Gasteiger partial charge in [0.1, 0.15) is 0 Å². The van der Waals surface area contributed by atoms with Gasteiger partial charge in [0.05, 0.1) is 0 Å². The summed E-state index contributed by atoms with van der Waals surface area (Å²) in [5.74, 6) is 0.337. The van der Waals surface area contributed by atoms with Crippen LogP contribution in [0, 0.1) is 0 Å². The van der Waals surface area contributed by atoms with Gasteiger partial charge in [-0.2, -0.15) is 8.42 Å². The van der Waals surface area contributed by atoms with Crippen molar-refractivity contribution in [3.63, 3.8) is 0 Å². The average Bonchev–Trinajstić information content (AvgIpc) is 2.73. The van der Waals surface area contributed by atoms with E-state index in [1.54, 1.807) is 31.2 Å². The third-order valence-electron chi connectivity index (χ3n) is 2.28. The molecule has 0 aliphatic rings. The SMILES string of the molecule is CCn1c(-c2ccccc2)nnc1S(=O)(=O)F. The number of benzene rings is 1. The Bertz CT molecular complexity index is 622. The molecule has 0 bridgehead atoms. The number of hydrogen-bond acceptors (Lipinski definition) is 4. The maximum atomic E-state index is 12.9. The predicted octanol–water partition coefficient (Wildman–Crippen LogP) is 1.62. The summed E-state index contributed by atoms with van der Waals surface area (Å²) in [4.78, 5) is 0. The lowest BCUT2D eigenvalue weighted by Crippen LogP contribution is -2.06. The van der Waals surface area contributed by atoms with Crippen molar-refractivity contribution in [2.24, 2.45) is 0 Å². The molecule has 0 saturated carbocycles. The van der Waals surface area contributed by atoms with Crippen LogP contribution in [0.15, 0.2) is 35.5 Å². The fraction of sp³-hybridized carbons (Fsp3) is 0.200. The standard InChI is InChI=1S/C10H10FN3O2S/c1-2-14-9(8-6-4-3-5-7-8)12-13-10(14)17(11,15)16/h3-7H,2H2,1H3. The van der Waals surface area contributed by atoms with Gasteiger partial charge in [-0.1, -0.05) is 34.2 Å². The van der Waals surface area contributed by atoms with Crippen LogP contribution in [0.3, 0.4) is 0 Å². The van der Waals surface area contributed by atoms with Crippen molar-refractivity contribution in [2.45, 2.75) is 18.6 Å². The summed E-state index contributed by atoms with van der Waals surface area (Å²) in [5.41, 5.74) is 0.691. The highest BCUT2D eigenvalue weighted by Crippen LogP contribution is 2.20. The summed E-state index contributed by atoms with van der Waals surface area (Å²) < 4.78 is 35.9. The van der Waals surface area contributed by atoms with Crippen LogP contribution in [-0.2, 0) is 16.8 Å². The number of hydrogen-bond donors (Lipinski definition) is 0. The van der Waals surface area contributed by atoms with Gasteiger partial charge in [-0.05, 0) is 6.92 Å². The zero-order chi connectivity index (χ0) is 12.5. The molecule has 90 valence electrons. The van der Waals surface area contributed by atoms with Crippen LogP contribution in [0.4, 0.5) is 3.89 Å². The van der Waals surface area contributed by atoms with Crippen molar-refractivity contribution in [2.75, 3.05) is 0 Å². The zero-order valence-corrected chi connectivity index (χ0v) is 9.85. The third-order valence-corrected chi connectivity index (χ3v) is 3.02. The van der Waals surface area contributed by atoms with Crippen molar-refractivity contribution >= 4 is 10.2 Å². The predicted molar refractivity (Wildman–Crippen MR) is 59.4 cm³/mol. The number of halogens is 1. The zero-order valence-electron chi connectivity index (χ0n) is 9.04. The Kier molecular flexibility index (Phi) is 2.93. The van der Waals surface area contributed by atoms with Crippen LogP contribution in [0.25, 0.3) is 11.4 Å². The molecule has 0 amide bonds. The van der Waals surface area contributed by atoms with Crippen molar-refractivity contribution in [3.05, 3.63) is 30.3 Å². The lowest BCUT2D eigenvalue weighted by Gasteiger charge is -2.04. The summed E-state index contributed by atoms with van der Waals surface area (Å²) in [5, 5.41) is 6.45. The summed E-state index contributed by atoms with van der Waals surface area (Å²) >= 11 is 0. The summed E-state index contributed by atoms with van der Waals surface area (Å²) in [6.45, 7) is 1.97. The van der Waals surface area contributed by atoms with Crippen LogP contribution >= 0.6 is 0 Å². The monoisotopic (exact) mass is 255 g/mol. The first-order valence-electron chi connectivity index (χ1n) is 4.97. The van der Waals surface area contributed by atoms with Gasteiger partial charge in [-0.15, -0.1) is 10.2 Å². The van der Waals surface area contributed by atoms with E-state index in [9.17, 15) is 12.3 Å². The Hall–Kier alpha value is -1.76. The van der Waals surface area contributed by atoms with E-state index in [1.165, 1.54) is 4.57 Å². The Morgan fingerprint density at radius 3 is 2.41 bits per heavy atom. The van der Waals surface area contributed by atoms with E-state index in [0.717, 1.165) is 0 Å². The van der Waals surface area contributed by atoms with Crippen molar-refractivity contribution in [1.29, 1.82) is 0 Å². The molecule has 0 aliphatic heterocycles. The lowest BCUT2D eigenvalue weighted by atomic mass is 10.2. The van der Waals surface area contributed by atoms with Gasteiger partial charge in [-0.25, -0.2) is 0 Å². The molecule has 1 heterocycles. The second kappa shape index (κ2) is 4.25. The van der Waals surface area contributed by atoms with Crippen LogP contribution in [0.1, 0.15) is 6.92 Å². The molecule has 5 nitrogen and oxygen atoms in total. The minimum Gasteiger partial charge on any atom is -0.296 e. The maximum absolute atomic E-state index is 12.9. The van der Waals surface area contributed by atoms with Gasteiger partial charge >= 0.3 is 10.2 Å². The van der Waals surface area contributed by atoms with Gasteiger partial charge in [0.15, 0.2) is 5.82 Å². The number of rotatable bonds is 3. The van der Waals surface area contributed by atoms with Crippen molar-refractivity contribution in [1.82, 2.24) is 14.8 Å². The lowest BCUT2D eigenvalue weighted by molar-refractivity contribution is 0.527. The highest BCUT2D eigenvalue weighted by Gasteiger charge is 2.23.